The lowest BCUT2D eigenvalue weighted by atomic mass is 10.0. The Morgan fingerprint density at radius 1 is 1.25 bits per heavy atom. The van der Waals surface area contributed by atoms with E-state index < -0.39 is 0 Å². The van der Waals surface area contributed by atoms with E-state index in [-0.39, 0.29) is 0 Å². The molecule has 2 heteroatoms. The van der Waals surface area contributed by atoms with Crippen LogP contribution >= 0.6 is 0 Å². The summed E-state index contributed by atoms with van der Waals surface area (Å²) in [5.41, 5.74) is 0. The Morgan fingerprint density at radius 2 is 2.06 bits per heavy atom. The molecule has 1 heterocycles. The van der Waals surface area contributed by atoms with E-state index in [4.69, 9.17) is 4.74 Å². The van der Waals surface area contributed by atoms with Crippen molar-refractivity contribution in [1.29, 1.82) is 0 Å². The van der Waals surface area contributed by atoms with Crippen molar-refractivity contribution in [1.82, 2.24) is 5.32 Å². The van der Waals surface area contributed by atoms with Crippen LogP contribution in [0.25, 0.3) is 0 Å². The molecular formula is C14H29NO. The Balaban J connectivity index is 1.89. The number of nitrogens with one attached hydrogen (secondary N) is 1. The second-order valence-electron chi connectivity index (χ2n) is 5.59. The highest BCUT2D eigenvalue weighted by molar-refractivity contribution is 4.66. The molecule has 0 saturated carbocycles. The van der Waals surface area contributed by atoms with Gasteiger partial charge in [0.25, 0.3) is 0 Å². The molecule has 1 saturated heterocycles. The van der Waals surface area contributed by atoms with Crippen LogP contribution in [0.5, 0.6) is 0 Å². The van der Waals surface area contributed by atoms with Gasteiger partial charge in [0.2, 0.25) is 0 Å². The third kappa shape index (κ3) is 6.49. The minimum atomic E-state index is 0.587. The quantitative estimate of drug-likeness (QED) is 0.642. The summed E-state index contributed by atoms with van der Waals surface area (Å²) in [6, 6.07) is 0.620. The van der Waals surface area contributed by atoms with Crippen molar-refractivity contribution in [3.05, 3.63) is 0 Å². The lowest BCUT2D eigenvalue weighted by Gasteiger charge is -2.15. The van der Waals surface area contributed by atoms with Crippen LogP contribution in [0.1, 0.15) is 59.3 Å². The highest BCUT2D eigenvalue weighted by Crippen LogP contribution is 2.19. The van der Waals surface area contributed by atoms with Crippen LogP contribution in [-0.2, 0) is 4.74 Å². The van der Waals surface area contributed by atoms with Crippen LogP contribution in [0.4, 0.5) is 0 Å². The van der Waals surface area contributed by atoms with Crippen molar-refractivity contribution < 1.29 is 4.74 Å². The normalized spacial score (nSPS) is 22.9. The molecule has 0 spiro atoms. The zero-order chi connectivity index (χ0) is 11.8. The summed E-state index contributed by atoms with van der Waals surface area (Å²) in [5.74, 6) is 0.812. The maximum atomic E-state index is 5.63. The molecule has 0 amide bonds. The second-order valence-corrected chi connectivity index (χ2v) is 5.59. The van der Waals surface area contributed by atoms with Crippen LogP contribution in [0.2, 0.25) is 0 Å². The molecule has 16 heavy (non-hydrogen) atoms. The number of hydrogen-bond acceptors (Lipinski definition) is 2. The Morgan fingerprint density at radius 3 is 2.69 bits per heavy atom. The molecule has 1 fully saturated rings. The standard InChI is InChI=1S/C14H29NO/c1-12(2)15-11-13(3)7-4-5-8-14-9-6-10-16-14/h12-15H,4-11H2,1-3H3. The van der Waals surface area contributed by atoms with Gasteiger partial charge in [-0.05, 0) is 38.1 Å². The monoisotopic (exact) mass is 227 g/mol. The summed E-state index contributed by atoms with van der Waals surface area (Å²) < 4.78 is 5.63. The average molecular weight is 227 g/mol. The zero-order valence-electron chi connectivity index (χ0n) is 11.3. The summed E-state index contributed by atoms with van der Waals surface area (Å²) in [6.45, 7) is 8.94. The smallest absolute Gasteiger partial charge is 0.0576 e. The fraction of sp³-hybridized carbons (Fsp3) is 1.00. The van der Waals surface area contributed by atoms with E-state index in [2.05, 4.69) is 26.1 Å². The Kier molecular flexibility index (Phi) is 7.06. The molecule has 1 aliphatic rings. The zero-order valence-corrected chi connectivity index (χ0v) is 11.3. The first-order valence-electron chi connectivity index (χ1n) is 7.03. The van der Waals surface area contributed by atoms with Gasteiger partial charge in [-0.25, -0.2) is 0 Å². The van der Waals surface area contributed by atoms with Crippen molar-refractivity contribution in [2.75, 3.05) is 13.2 Å². The minimum absolute atomic E-state index is 0.587. The number of rotatable bonds is 8. The summed E-state index contributed by atoms with van der Waals surface area (Å²) in [6.07, 6.45) is 8.50. The van der Waals surface area contributed by atoms with Crippen LogP contribution in [0.3, 0.4) is 0 Å². The lowest BCUT2D eigenvalue weighted by molar-refractivity contribution is 0.101. The van der Waals surface area contributed by atoms with Gasteiger partial charge >= 0.3 is 0 Å². The van der Waals surface area contributed by atoms with Gasteiger partial charge in [-0.3, -0.25) is 0 Å². The fourth-order valence-electron chi connectivity index (χ4n) is 2.28. The average Bonchev–Trinajstić information content (AvgIpc) is 2.74. The van der Waals surface area contributed by atoms with E-state index in [0.29, 0.717) is 12.1 Å². The van der Waals surface area contributed by atoms with Crippen molar-refractivity contribution in [3.63, 3.8) is 0 Å². The van der Waals surface area contributed by atoms with Gasteiger partial charge in [-0.2, -0.15) is 0 Å². The largest absolute Gasteiger partial charge is 0.378 e. The van der Waals surface area contributed by atoms with Crippen molar-refractivity contribution in [2.45, 2.75) is 71.4 Å². The van der Waals surface area contributed by atoms with E-state index >= 15 is 0 Å². The molecule has 0 radical (unpaired) electrons. The molecule has 2 nitrogen and oxygen atoms in total. The van der Waals surface area contributed by atoms with Crippen molar-refractivity contribution in [3.8, 4) is 0 Å². The van der Waals surface area contributed by atoms with Gasteiger partial charge in [-0.1, -0.05) is 33.6 Å². The molecule has 1 aliphatic heterocycles. The first-order chi connectivity index (χ1) is 7.68. The minimum Gasteiger partial charge on any atom is -0.378 e. The molecule has 0 aromatic carbocycles. The summed E-state index contributed by atoms with van der Waals surface area (Å²) in [7, 11) is 0. The highest BCUT2D eigenvalue weighted by atomic mass is 16.5. The number of hydrogen-bond donors (Lipinski definition) is 1. The van der Waals surface area contributed by atoms with E-state index in [1.54, 1.807) is 0 Å². The van der Waals surface area contributed by atoms with E-state index in [1.807, 2.05) is 0 Å². The highest BCUT2D eigenvalue weighted by Gasteiger charge is 2.14. The topological polar surface area (TPSA) is 21.3 Å². The third-order valence-electron chi connectivity index (χ3n) is 3.37. The molecule has 0 bridgehead atoms. The number of ether oxygens (including phenoxy) is 1. The predicted molar refractivity (Wildman–Crippen MR) is 69.7 cm³/mol. The second kappa shape index (κ2) is 8.08. The Bertz CT molecular complexity index is 164. The molecule has 0 aliphatic carbocycles. The SMILES string of the molecule is CC(CCCCC1CCCO1)CNC(C)C. The van der Waals surface area contributed by atoms with Gasteiger partial charge < -0.3 is 10.1 Å². The summed E-state index contributed by atoms with van der Waals surface area (Å²) >= 11 is 0. The van der Waals surface area contributed by atoms with Gasteiger partial charge in [0.15, 0.2) is 0 Å². The third-order valence-corrected chi connectivity index (χ3v) is 3.37. The molecule has 0 aromatic rings. The van der Waals surface area contributed by atoms with Gasteiger partial charge in [0.1, 0.15) is 0 Å². The first-order valence-corrected chi connectivity index (χ1v) is 7.03. The molecule has 2 atom stereocenters. The fourth-order valence-corrected chi connectivity index (χ4v) is 2.28. The van der Waals surface area contributed by atoms with E-state index in [9.17, 15) is 0 Å². The molecule has 0 aromatic heterocycles. The summed E-state index contributed by atoms with van der Waals surface area (Å²) in [5, 5.41) is 3.50. The first kappa shape index (κ1) is 14.0. The maximum Gasteiger partial charge on any atom is 0.0576 e. The van der Waals surface area contributed by atoms with Gasteiger partial charge in [-0.15, -0.1) is 0 Å². The molecule has 96 valence electrons. The molecule has 1 rings (SSSR count). The molecular weight excluding hydrogens is 198 g/mol. The van der Waals surface area contributed by atoms with E-state index in [1.165, 1.54) is 38.5 Å². The Hall–Kier alpha value is -0.0800. The van der Waals surface area contributed by atoms with Gasteiger partial charge in [0.05, 0.1) is 6.10 Å². The maximum absolute atomic E-state index is 5.63. The van der Waals surface area contributed by atoms with Crippen LogP contribution < -0.4 is 5.32 Å². The number of unbranched alkanes of at least 4 members (excludes halogenated alkanes) is 1. The predicted octanol–water partition coefficient (Wildman–Crippen LogP) is 3.36. The van der Waals surface area contributed by atoms with Gasteiger partial charge in [0, 0.05) is 12.6 Å². The van der Waals surface area contributed by atoms with Crippen molar-refractivity contribution in [2.24, 2.45) is 5.92 Å². The van der Waals surface area contributed by atoms with Crippen LogP contribution in [-0.4, -0.2) is 25.3 Å². The van der Waals surface area contributed by atoms with Crippen molar-refractivity contribution >= 4 is 0 Å². The van der Waals surface area contributed by atoms with E-state index in [0.717, 1.165) is 19.1 Å². The Labute approximate surface area is 101 Å². The summed E-state index contributed by atoms with van der Waals surface area (Å²) in [4.78, 5) is 0. The molecule has 1 N–H and O–H groups in total. The van der Waals surface area contributed by atoms with Crippen LogP contribution in [0, 0.1) is 5.92 Å². The van der Waals surface area contributed by atoms with Crippen LogP contribution in [0.15, 0.2) is 0 Å². The lowest BCUT2D eigenvalue weighted by Crippen LogP contribution is -2.27. The molecule has 2 unspecified atom stereocenters.